The van der Waals surface area contributed by atoms with Crippen LogP contribution in [-0.4, -0.2) is 18.7 Å². The molecule has 3 heteroatoms. The van der Waals surface area contributed by atoms with Gasteiger partial charge in [0.15, 0.2) is 0 Å². The van der Waals surface area contributed by atoms with E-state index in [1.807, 2.05) is 42.5 Å². The quantitative estimate of drug-likeness (QED) is 0.670. The van der Waals surface area contributed by atoms with Crippen LogP contribution in [0.2, 0.25) is 0 Å². The monoisotopic (exact) mass is 327 g/mol. The summed E-state index contributed by atoms with van der Waals surface area (Å²) in [6.07, 6.45) is 2.17. The highest BCUT2D eigenvalue weighted by atomic mass is 16.5. The van der Waals surface area contributed by atoms with Crippen LogP contribution >= 0.6 is 0 Å². The van der Waals surface area contributed by atoms with E-state index >= 15 is 0 Å². The number of ether oxygens (including phenoxy) is 2. The highest BCUT2D eigenvalue weighted by Gasteiger charge is 2.06. The van der Waals surface area contributed by atoms with Crippen molar-refractivity contribution in [1.29, 1.82) is 0 Å². The zero-order chi connectivity index (χ0) is 17.3. The van der Waals surface area contributed by atoms with Crippen molar-refractivity contribution in [1.82, 2.24) is 5.32 Å². The lowest BCUT2D eigenvalue weighted by atomic mass is 10.1. The molecule has 1 N–H and O–H groups in total. The molecule has 0 saturated carbocycles. The SMILES string of the molecule is CC(C)(C)NCCCCOc1ccc(OCc2ccccc2)cc1. The summed E-state index contributed by atoms with van der Waals surface area (Å²) >= 11 is 0. The number of hydrogen-bond donors (Lipinski definition) is 1. The third kappa shape index (κ3) is 7.51. The summed E-state index contributed by atoms with van der Waals surface area (Å²) in [6, 6.07) is 18.0. The van der Waals surface area contributed by atoms with Crippen molar-refractivity contribution in [2.24, 2.45) is 0 Å². The lowest BCUT2D eigenvalue weighted by Gasteiger charge is -2.20. The molecule has 0 heterocycles. The number of unbranched alkanes of at least 4 members (excludes halogenated alkanes) is 1. The van der Waals surface area contributed by atoms with Crippen LogP contribution in [0.4, 0.5) is 0 Å². The summed E-state index contributed by atoms with van der Waals surface area (Å²) in [4.78, 5) is 0. The van der Waals surface area contributed by atoms with Gasteiger partial charge in [0.2, 0.25) is 0 Å². The Morgan fingerprint density at radius 2 is 1.42 bits per heavy atom. The first-order valence-corrected chi connectivity index (χ1v) is 8.67. The molecule has 0 fully saturated rings. The van der Waals surface area contributed by atoms with Gasteiger partial charge in [0, 0.05) is 5.54 Å². The van der Waals surface area contributed by atoms with E-state index in [2.05, 4.69) is 38.2 Å². The molecule has 0 spiro atoms. The minimum absolute atomic E-state index is 0.191. The van der Waals surface area contributed by atoms with Crippen LogP contribution in [0, 0.1) is 0 Å². The normalized spacial score (nSPS) is 11.3. The van der Waals surface area contributed by atoms with Gasteiger partial charge >= 0.3 is 0 Å². The molecule has 0 amide bonds. The van der Waals surface area contributed by atoms with Gasteiger partial charge in [-0.15, -0.1) is 0 Å². The molecule has 0 bridgehead atoms. The number of rotatable bonds is 9. The van der Waals surface area contributed by atoms with Crippen LogP contribution in [0.3, 0.4) is 0 Å². The predicted molar refractivity (Wildman–Crippen MR) is 99.7 cm³/mol. The maximum absolute atomic E-state index is 5.77. The van der Waals surface area contributed by atoms with Crippen LogP contribution in [0.1, 0.15) is 39.2 Å². The van der Waals surface area contributed by atoms with Crippen molar-refractivity contribution in [2.75, 3.05) is 13.2 Å². The van der Waals surface area contributed by atoms with E-state index in [4.69, 9.17) is 9.47 Å². The third-order valence-corrected chi connectivity index (χ3v) is 3.57. The topological polar surface area (TPSA) is 30.5 Å². The van der Waals surface area contributed by atoms with Gasteiger partial charge < -0.3 is 14.8 Å². The van der Waals surface area contributed by atoms with Crippen molar-refractivity contribution in [2.45, 2.75) is 45.8 Å². The Hall–Kier alpha value is -2.00. The molecule has 2 aromatic rings. The average Bonchev–Trinajstić information content (AvgIpc) is 2.57. The van der Waals surface area contributed by atoms with E-state index in [0.29, 0.717) is 6.61 Å². The van der Waals surface area contributed by atoms with E-state index < -0.39 is 0 Å². The second-order valence-electron chi connectivity index (χ2n) is 6.98. The molecule has 0 unspecified atom stereocenters. The Kier molecular flexibility index (Phi) is 7.13. The molecule has 0 aliphatic carbocycles. The first kappa shape index (κ1) is 18.3. The maximum Gasteiger partial charge on any atom is 0.120 e. The van der Waals surface area contributed by atoms with Crippen LogP contribution < -0.4 is 14.8 Å². The van der Waals surface area contributed by atoms with Gasteiger partial charge in [-0.05, 0) is 70.0 Å². The molecular formula is C21H29NO2. The van der Waals surface area contributed by atoms with E-state index in [1.165, 1.54) is 5.56 Å². The fourth-order valence-corrected chi connectivity index (χ4v) is 2.25. The van der Waals surface area contributed by atoms with Gasteiger partial charge in [-0.2, -0.15) is 0 Å². The van der Waals surface area contributed by atoms with Crippen molar-refractivity contribution in [3.8, 4) is 11.5 Å². The van der Waals surface area contributed by atoms with Crippen LogP contribution in [-0.2, 0) is 6.61 Å². The first-order valence-electron chi connectivity index (χ1n) is 8.67. The van der Waals surface area contributed by atoms with E-state index in [0.717, 1.165) is 37.5 Å². The standard InChI is InChI=1S/C21H29NO2/c1-21(2,3)22-15-7-8-16-23-19-11-13-20(14-12-19)24-17-18-9-5-4-6-10-18/h4-6,9-14,22H,7-8,15-17H2,1-3H3. The molecule has 0 aliphatic heterocycles. The second-order valence-corrected chi connectivity index (χ2v) is 6.98. The van der Waals surface area contributed by atoms with Gasteiger partial charge in [-0.1, -0.05) is 30.3 Å². The number of benzene rings is 2. The van der Waals surface area contributed by atoms with Crippen molar-refractivity contribution in [3.63, 3.8) is 0 Å². The summed E-state index contributed by atoms with van der Waals surface area (Å²) in [5.41, 5.74) is 1.36. The third-order valence-electron chi connectivity index (χ3n) is 3.57. The van der Waals surface area contributed by atoms with E-state index in [1.54, 1.807) is 0 Å². The van der Waals surface area contributed by atoms with Gasteiger partial charge in [-0.3, -0.25) is 0 Å². The van der Waals surface area contributed by atoms with Gasteiger partial charge in [0.25, 0.3) is 0 Å². The van der Waals surface area contributed by atoms with Gasteiger partial charge in [-0.25, -0.2) is 0 Å². The summed E-state index contributed by atoms with van der Waals surface area (Å²) < 4.78 is 11.5. The molecule has 2 rings (SSSR count). The Bertz CT molecular complexity index is 573. The lowest BCUT2D eigenvalue weighted by molar-refractivity contribution is 0.295. The molecule has 0 radical (unpaired) electrons. The Balaban J connectivity index is 1.63. The zero-order valence-corrected chi connectivity index (χ0v) is 15.0. The van der Waals surface area contributed by atoms with Gasteiger partial charge in [0.1, 0.15) is 18.1 Å². The molecule has 24 heavy (non-hydrogen) atoms. The fourth-order valence-electron chi connectivity index (χ4n) is 2.25. The average molecular weight is 327 g/mol. The number of hydrogen-bond acceptors (Lipinski definition) is 3. The minimum atomic E-state index is 0.191. The Labute approximate surface area is 146 Å². The van der Waals surface area contributed by atoms with Crippen molar-refractivity contribution in [3.05, 3.63) is 60.2 Å². The Morgan fingerprint density at radius 1 is 0.792 bits per heavy atom. The smallest absolute Gasteiger partial charge is 0.120 e. The van der Waals surface area contributed by atoms with Crippen LogP contribution in [0.5, 0.6) is 11.5 Å². The highest BCUT2D eigenvalue weighted by Crippen LogP contribution is 2.19. The predicted octanol–water partition coefficient (Wildman–Crippen LogP) is 4.81. The Morgan fingerprint density at radius 3 is 2.04 bits per heavy atom. The zero-order valence-electron chi connectivity index (χ0n) is 15.0. The van der Waals surface area contributed by atoms with Crippen LogP contribution in [0.15, 0.2) is 54.6 Å². The molecule has 0 saturated heterocycles. The van der Waals surface area contributed by atoms with E-state index in [-0.39, 0.29) is 5.54 Å². The van der Waals surface area contributed by atoms with E-state index in [9.17, 15) is 0 Å². The van der Waals surface area contributed by atoms with Crippen LogP contribution in [0.25, 0.3) is 0 Å². The summed E-state index contributed by atoms with van der Waals surface area (Å²) in [6.45, 7) is 8.91. The summed E-state index contributed by atoms with van der Waals surface area (Å²) in [5, 5.41) is 3.48. The van der Waals surface area contributed by atoms with Crippen molar-refractivity contribution >= 4 is 0 Å². The molecule has 2 aromatic carbocycles. The molecule has 3 nitrogen and oxygen atoms in total. The first-order chi connectivity index (χ1) is 11.5. The molecule has 0 aliphatic rings. The largest absolute Gasteiger partial charge is 0.494 e. The van der Waals surface area contributed by atoms with Gasteiger partial charge in [0.05, 0.1) is 6.61 Å². The maximum atomic E-state index is 5.77. The summed E-state index contributed by atoms with van der Waals surface area (Å²) in [7, 11) is 0. The minimum Gasteiger partial charge on any atom is -0.494 e. The second kappa shape index (κ2) is 9.33. The molecule has 0 atom stereocenters. The highest BCUT2D eigenvalue weighted by molar-refractivity contribution is 5.31. The molecule has 130 valence electrons. The van der Waals surface area contributed by atoms with Crippen molar-refractivity contribution < 1.29 is 9.47 Å². The summed E-state index contributed by atoms with van der Waals surface area (Å²) in [5.74, 6) is 1.76. The molecular weight excluding hydrogens is 298 g/mol. The fraction of sp³-hybridized carbons (Fsp3) is 0.429. The number of nitrogens with one attached hydrogen (secondary N) is 1. The molecule has 0 aromatic heterocycles. The lowest BCUT2D eigenvalue weighted by Crippen LogP contribution is -2.36.